The van der Waals surface area contributed by atoms with Gasteiger partial charge in [-0.15, -0.1) is 0 Å². The topological polar surface area (TPSA) is 34.1 Å². The minimum atomic E-state index is -2.75. The molecule has 25 heavy (non-hydrogen) atoms. The molecule has 2 nitrogen and oxygen atoms in total. The van der Waals surface area contributed by atoms with Crippen LogP contribution in [0.3, 0.4) is 0 Å². The van der Waals surface area contributed by atoms with Crippen molar-refractivity contribution in [2.75, 3.05) is 12.0 Å². The van der Waals surface area contributed by atoms with Crippen LogP contribution in [0.15, 0.2) is 0 Å². The molecule has 0 saturated carbocycles. The zero-order valence-electron chi connectivity index (χ0n) is 17.4. The normalized spacial score (nSPS) is 11.9. The molecule has 0 aromatic rings. The van der Waals surface area contributed by atoms with Crippen LogP contribution in [0.4, 0.5) is 0 Å². The number of hydrogen-bond acceptors (Lipinski definition) is 2. The summed E-state index contributed by atoms with van der Waals surface area (Å²) in [7, 11) is -2.75. The van der Waals surface area contributed by atoms with Gasteiger partial charge in [0.1, 0.15) is 9.84 Å². The number of unbranched alkanes of at least 4 members (excludes halogenated alkanes) is 18. The first-order valence-corrected chi connectivity index (χ1v) is 13.3. The lowest BCUT2D eigenvalue weighted by Crippen LogP contribution is -2.02. The molecule has 0 radical (unpaired) electrons. The van der Waals surface area contributed by atoms with Crippen LogP contribution >= 0.6 is 0 Å². The maximum Gasteiger partial charge on any atom is 0.147 e. The van der Waals surface area contributed by atoms with Crippen LogP contribution in [0.1, 0.15) is 129 Å². The van der Waals surface area contributed by atoms with Crippen molar-refractivity contribution in [2.45, 2.75) is 129 Å². The van der Waals surface area contributed by atoms with E-state index in [2.05, 4.69) is 6.92 Å². The molecule has 0 fully saturated rings. The van der Waals surface area contributed by atoms with Crippen molar-refractivity contribution in [2.24, 2.45) is 0 Å². The van der Waals surface area contributed by atoms with Crippen molar-refractivity contribution in [3.8, 4) is 0 Å². The van der Waals surface area contributed by atoms with E-state index in [1.807, 2.05) is 0 Å². The molecule has 0 aliphatic heterocycles. The SMILES string of the molecule is CCCCCCCCCCCCCCCCCCCCCS(C)(=O)=O. The van der Waals surface area contributed by atoms with Gasteiger partial charge < -0.3 is 0 Å². The highest BCUT2D eigenvalue weighted by atomic mass is 32.2. The molecule has 0 N–H and O–H groups in total. The predicted octanol–water partition coefficient (Wildman–Crippen LogP) is 7.46. The molecule has 0 aromatic carbocycles. The lowest BCUT2D eigenvalue weighted by Gasteiger charge is -2.04. The molecule has 0 atom stereocenters. The first kappa shape index (κ1) is 24.9. The molecule has 0 bridgehead atoms. The molecule has 0 heterocycles. The maximum absolute atomic E-state index is 11.0. The zero-order valence-corrected chi connectivity index (χ0v) is 18.2. The Morgan fingerprint density at radius 3 is 0.920 bits per heavy atom. The van der Waals surface area contributed by atoms with Crippen molar-refractivity contribution in [1.82, 2.24) is 0 Å². The molecule has 0 unspecified atom stereocenters. The van der Waals surface area contributed by atoms with Crippen LogP contribution in [-0.2, 0) is 9.84 Å². The fourth-order valence-electron chi connectivity index (χ4n) is 3.44. The third kappa shape index (κ3) is 24.0. The van der Waals surface area contributed by atoms with Crippen molar-refractivity contribution in [3.05, 3.63) is 0 Å². The van der Waals surface area contributed by atoms with Gasteiger partial charge in [0, 0.05) is 12.0 Å². The van der Waals surface area contributed by atoms with Gasteiger partial charge in [0.05, 0.1) is 0 Å². The lowest BCUT2D eigenvalue weighted by atomic mass is 10.0. The second-order valence-electron chi connectivity index (χ2n) is 7.99. The monoisotopic (exact) mass is 374 g/mol. The van der Waals surface area contributed by atoms with Crippen molar-refractivity contribution in [3.63, 3.8) is 0 Å². The van der Waals surface area contributed by atoms with Gasteiger partial charge in [-0.25, -0.2) is 8.42 Å². The number of hydrogen-bond donors (Lipinski definition) is 0. The Kier molecular flexibility index (Phi) is 18.7. The third-order valence-corrected chi connectivity index (χ3v) is 6.15. The summed E-state index contributed by atoms with van der Waals surface area (Å²) in [5, 5.41) is 0. The first-order valence-electron chi connectivity index (χ1n) is 11.2. The molecule has 0 aliphatic rings. The standard InChI is InChI=1S/C22H46O2S/c1-3-4-5-6-7-8-9-10-11-12-13-14-15-16-17-18-19-20-21-22-25(2,23)24/h3-22H2,1-2H3. The lowest BCUT2D eigenvalue weighted by molar-refractivity contribution is 0.524. The first-order chi connectivity index (χ1) is 12.1. The van der Waals surface area contributed by atoms with Gasteiger partial charge in [-0.1, -0.05) is 122 Å². The Hall–Kier alpha value is -0.0500. The van der Waals surface area contributed by atoms with Gasteiger partial charge in [-0.2, -0.15) is 0 Å². The molecular weight excluding hydrogens is 328 g/mol. The maximum atomic E-state index is 11.0. The molecule has 0 saturated heterocycles. The van der Waals surface area contributed by atoms with E-state index in [1.165, 1.54) is 115 Å². The highest BCUT2D eigenvalue weighted by Crippen LogP contribution is 2.14. The average Bonchev–Trinajstić information content (AvgIpc) is 2.56. The van der Waals surface area contributed by atoms with Gasteiger partial charge in [0.15, 0.2) is 0 Å². The fourth-order valence-corrected chi connectivity index (χ4v) is 4.17. The van der Waals surface area contributed by atoms with Gasteiger partial charge in [-0.3, -0.25) is 0 Å². The summed E-state index contributed by atoms with van der Waals surface area (Å²) < 4.78 is 22.0. The largest absolute Gasteiger partial charge is 0.229 e. The van der Waals surface area contributed by atoms with Crippen LogP contribution < -0.4 is 0 Å². The molecular formula is C22H46O2S. The quantitative estimate of drug-likeness (QED) is 0.207. The summed E-state index contributed by atoms with van der Waals surface area (Å²) in [5.74, 6) is 0.367. The van der Waals surface area contributed by atoms with Crippen molar-refractivity contribution >= 4 is 9.84 Å². The van der Waals surface area contributed by atoms with E-state index in [-0.39, 0.29) is 0 Å². The Morgan fingerprint density at radius 1 is 0.440 bits per heavy atom. The van der Waals surface area contributed by atoms with Gasteiger partial charge in [0.25, 0.3) is 0 Å². The molecule has 0 spiro atoms. The third-order valence-electron chi connectivity index (χ3n) is 5.12. The van der Waals surface area contributed by atoms with Crippen LogP contribution in [0.2, 0.25) is 0 Å². The summed E-state index contributed by atoms with van der Waals surface area (Å²) in [6.45, 7) is 2.28. The Labute approximate surface area is 159 Å². The van der Waals surface area contributed by atoms with E-state index < -0.39 is 9.84 Å². The van der Waals surface area contributed by atoms with Crippen LogP contribution in [0.5, 0.6) is 0 Å². The van der Waals surface area contributed by atoms with E-state index >= 15 is 0 Å². The minimum Gasteiger partial charge on any atom is -0.229 e. The Morgan fingerprint density at radius 2 is 0.680 bits per heavy atom. The Bertz CT molecular complexity index is 349. The van der Waals surface area contributed by atoms with Crippen molar-refractivity contribution < 1.29 is 8.42 Å². The van der Waals surface area contributed by atoms with Crippen LogP contribution in [0.25, 0.3) is 0 Å². The molecule has 3 heteroatoms. The van der Waals surface area contributed by atoms with E-state index in [9.17, 15) is 8.42 Å². The zero-order chi connectivity index (χ0) is 18.6. The highest BCUT2D eigenvalue weighted by molar-refractivity contribution is 7.90. The van der Waals surface area contributed by atoms with Crippen LogP contribution in [-0.4, -0.2) is 20.4 Å². The van der Waals surface area contributed by atoms with Crippen molar-refractivity contribution in [1.29, 1.82) is 0 Å². The summed E-state index contributed by atoms with van der Waals surface area (Å²) in [6.07, 6.45) is 27.0. The smallest absolute Gasteiger partial charge is 0.147 e. The molecule has 0 amide bonds. The predicted molar refractivity (Wildman–Crippen MR) is 113 cm³/mol. The fraction of sp³-hybridized carbons (Fsp3) is 1.00. The van der Waals surface area contributed by atoms with E-state index in [0.717, 1.165) is 12.8 Å². The summed E-state index contributed by atoms with van der Waals surface area (Å²) in [4.78, 5) is 0. The summed E-state index contributed by atoms with van der Waals surface area (Å²) >= 11 is 0. The molecule has 152 valence electrons. The van der Waals surface area contributed by atoms with E-state index in [1.54, 1.807) is 0 Å². The summed E-state index contributed by atoms with van der Waals surface area (Å²) in [5.41, 5.74) is 0. The Balaban J connectivity index is 3.03. The van der Waals surface area contributed by atoms with Gasteiger partial charge in [-0.05, 0) is 6.42 Å². The summed E-state index contributed by atoms with van der Waals surface area (Å²) in [6, 6.07) is 0. The number of rotatable bonds is 20. The van der Waals surface area contributed by atoms with E-state index in [0.29, 0.717) is 5.75 Å². The minimum absolute atomic E-state index is 0.367. The molecule has 0 aliphatic carbocycles. The molecule has 0 aromatic heterocycles. The second kappa shape index (κ2) is 18.7. The average molecular weight is 375 g/mol. The number of sulfone groups is 1. The van der Waals surface area contributed by atoms with E-state index in [4.69, 9.17) is 0 Å². The van der Waals surface area contributed by atoms with Crippen LogP contribution in [0, 0.1) is 0 Å². The highest BCUT2D eigenvalue weighted by Gasteiger charge is 2.00. The molecule has 0 rings (SSSR count). The van der Waals surface area contributed by atoms with Gasteiger partial charge in [0.2, 0.25) is 0 Å². The van der Waals surface area contributed by atoms with Gasteiger partial charge >= 0.3 is 0 Å². The second-order valence-corrected chi connectivity index (χ2v) is 10.3.